The van der Waals surface area contributed by atoms with Crippen LogP contribution >= 0.6 is 8.60 Å². The maximum Gasteiger partial charge on any atom is 0.530 e. The average molecular weight is 1820 g/mol. The van der Waals surface area contributed by atoms with Crippen molar-refractivity contribution in [2.45, 2.75) is 489 Å². The molecular formula is C129H189O3P. The average Bonchev–Trinajstić information content (AvgIpc) is 0.726. The van der Waals surface area contributed by atoms with Gasteiger partial charge >= 0.3 is 8.60 Å². The predicted octanol–water partition coefficient (Wildman–Crippen LogP) is 40.8. The van der Waals surface area contributed by atoms with E-state index in [0.717, 1.165) is 130 Å². The second kappa shape index (κ2) is 40.3. The standard InChI is InChI=1S/C129H189O3P/c1-46-115(16,17)91-79-82-100(106(88-70-64-76-97(121(28,29)52-7)112(88)127(40,41)58-13)103(91)85-67-61-73-94(118(22,23)49-4)109(85)124(34,35)55-10)130-133(131-101-83-80-92(116(18,19)47-2)104(86-68-62-74-95(119(24,25)50-5)110(86)125(36,37)56-11)107(101)89-71-65-77-98(122(30,31)53-8)113(89)128(42,43)59-14)132-102-84-81-93(117(20,21)48-3)105(87-69-63-75-96(120(26,27)51-6)111(87)126(38,39)57-12)108(102)90-72-66-78-99(123(32,33)54-9)114(90)129(44,45)60-15/h61-84H,46-60H2,1-45H3. The quantitative estimate of drug-likeness (QED) is 0.0357. The van der Waals surface area contributed by atoms with Gasteiger partial charge in [-0.25, -0.2) is 0 Å². The van der Waals surface area contributed by atoms with Gasteiger partial charge in [-0.2, -0.15) is 0 Å². The topological polar surface area (TPSA) is 27.7 Å². The molecule has 0 aliphatic rings. The number of hydrogen-bond acceptors (Lipinski definition) is 3. The summed E-state index contributed by atoms with van der Waals surface area (Å²) in [5.74, 6) is 2.19. The zero-order valence-corrected chi connectivity index (χ0v) is 94.5. The van der Waals surface area contributed by atoms with Crippen LogP contribution in [0.2, 0.25) is 0 Å². The van der Waals surface area contributed by atoms with E-state index in [-0.39, 0.29) is 81.2 Å². The van der Waals surface area contributed by atoms with Crippen LogP contribution in [0.1, 0.15) is 491 Å². The van der Waals surface area contributed by atoms with Crippen molar-refractivity contribution in [2.24, 2.45) is 0 Å². The minimum Gasteiger partial charge on any atom is -0.408 e. The fourth-order valence-corrected chi connectivity index (χ4v) is 21.8. The Hall–Kier alpha value is -7.19. The molecule has 0 aliphatic carbocycles. The van der Waals surface area contributed by atoms with E-state index in [4.69, 9.17) is 13.6 Å². The Bertz CT molecular complexity index is 5030. The van der Waals surface area contributed by atoms with Gasteiger partial charge in [-0.1, -0.05) is 439 Å². The van der Waals surface area contributed by atoms with Gasteiger partial charge in [-0.3, -0.25) is 0 Å². The normalized spacial score (nSPS) is 13.7. The Morgan fingerprint density at radius 1 is 0.150 bits per heavy atom. The Morgan fingerprint density at radius 2 is 0.278 bits per heavy atom. The molecule has 0 heterocycles. The molecule has 0 bridgehead atoms. The Balaban J connectivity index is 1.76. The maximum atomic E-state index is 9.00. The predicted molar refractivity (Wildman–Crippen MR) is 591 cm³/mol. The van der Waals surface area contributed by atoms with Gasteiger partial charge in [-0.15, -0.1) is 0 Å². The van der Waals surface area contributed by atoms with Crippen LogP contribution < -0.4 is 13.6 Å². The van der Waals surface area contributed by atoms with Crippen molar-refractivity contribution in [2.75, 3.05) is 0 Å². The highest BCUT2D eigenvalue weighted by atomic mass is 31.2. The first-order valence-corrected chi connectivity index (χ1v) is 53.9. The molecule has 0 unspecified atom stereocenters. The third-order valence-corrected chi connectivity index (χ3v) is 36.9. The van der Waals surface area contributed by atoms with E-state index in [1.54, 1.807) is 0 Å². The first-order chi connectivity index (χ1) is 61.5. The van der Waals surface area contributed by atoms with Crippen molar-refractivity contribution >= 4 is 8.60 Å². The van der Waals surface area contributed by atoms with E-state index in [0.29, 0.717) is 0 Å². The molecule has 0 aromatic heterocycles. The van der Waals surface area contributed by atoms with Gasteiger partial charge in [0.05, 0.1) is 0 Å². The Morgan fingerprint density at radius 3 is 0.414 bits per heavy atom. The molecule has 3 nitrogen and oxygen atoms in total. The zero-order valence-electron chi connectivity index (χ0n) is 93.6. The fraction of sp³-hybridized carbons (Fsp3) is 0.581. The smallest absolute Gasteiger partial charge is 0.408 e. The van der Waals surface area contributed by atoms with Crippen molar-refractivity contribution < 1.29 is 13.6 Å². The minimum atomic E-state index is -2.68. The summed E-state index contributed by atoms with van der Waals surface area (Å²) < 4.78 is 27.0. The molecule has 0 radical (unpaired) electrons. The van der Waals surface area contributed by atoms with Gasteiger partial charge in [0.2, 0.25) is 0 Å². The highest BCUT2D eigenvalue weighted by Gasteiger charge is 2.46. The summed E-state index contributed by atoms with van der Waals surface area (Å²) in [6.45, 7) is 111. The zero-order chi connectivity index (χ0) is 100. The summed E-state index contributed by atoms with van der Waals surface area (Å²) in [6, 6.07) is 58.7. The van der Waals surface area contributed by atoms with E-state index in [2.05, 4.69) is 457 Å². The largest absolute Gasteiger partial charge is 0.530 e. The van der Waals surface area contributed by atoms with Crippen LogP contribution in [-0.2, 0) is 81.2 Å². The molecule has 0 N–H and O–H groups in total. The minimum absolute atomic E-state index is 0.170. The van der Waals surface area contributed by atoms with Crippen LogP contribution in [0, 0.1) is 0 Å². The van der Waals surface area contributed by atoms with E-state index in [9.17, 15) is 0 Å². The summed E-state index contributed by atoms with van der Waals surface area (Å²) in [6.07, 6.45) is 14.1. The maximum absolute atomic E-state index is 9.00. The van der Waals surface area contributed by atoms with Gasteiger partial charge in [0, 0.05) is 16.7 Å². The lowest BCUT2D eigenvalue weighted by Gasteiger charge is -2.40. The van der Waals surface area contributed by atoms with E-state index in [1.807, 2.05) is 0 Å². The Kier molecular flexibility index (Phi) is 33.2. The monoisotopic (exact) mass is 1820 g/mol. The summed E-state index contributed by atoms with van der Waals surface area (Å²) in [4.78, 5) is 0. The highest BCUT2D eigenvalue weighted by molar-refractivity contribution is 7.43. The molecule has 9 aromatic rings. The fourth-order valence-electron chi connectivity index (χ4n) is 20.7. The van der Waals surface area contributed by atoms with Gasteiger partial charge in [0.1, 0.15) is 17.2 Å². The van der Waals surface area contributed by atoms with Gasteiger partial charge < -0.3 is 13.6 Å². The second-order valence-electron chi connectivity index (χ2n) is 50.0. The van der Waals surface area contributed by atoms with Crippen LogP contribution in [0.3, 0.4) is 0 Å². The molecule has 728 valence electrons. The lowest BCUT2D eigenvalue weighted by atomic mass is 9.65. The highest BCUT2D eigenvalue weighted by Crippen LogP contribution is 2.63. The lowest BCUT2D eigenvalue weighted by molar-refractivity contribution is 0.389. The lowest BCUT2D eigenvalue weighted by Crippen LogP contribution is -2.28. The van der Waals surface area contributed by atoms with Gasteiger partial charge in [-0.05, 0) is 329 Å². The van der Waals surface area contributed by atoms with E-state index < -0.39 is 8.60 Å². The summed E-state index contributed by atoms with van der Waals surface area (Å²) in [7, 11) is -2.68. The molecule has 0 fully saturated rings. The van der Waals surface area contributed by atoms with Crippen LogP contribution in [0.25, 0.3) is 66.8 Å². The van der Waals surface area contributed by atoms with E-state index >= 15 is 0 Å². The Labute approximate surface area is 818 Å². The molecular weight excluding hydrogens is 1630 g/mol. The molecule has 0 saturated heterocycles. The molecule has 0 aliphatic heterocycles. The van der Waals surface area contributed by atoms with Crippen LogP contribution in [0.4, 0.5) is 0 Å². The molecule has 133 heavy (non-hydrogen) atoms. The molecule has 4 heteroatoms. The molecule has 0 spiro atoms. The number of hydrogen-bond donors (Lipinski definition) is 0. The second-order valence-corrected chi connectivity index (χ2v) is 51.0. The van der Waals surface area contributed by atoms with Crippen LogP contribution in [0.15, 0.2) is 146 Å². The molecule has 9 rings (SSSR count). The van der Waals surface area contributed by atoms with Crippen molar-refractivity contribution in [3.8, 4) is 84.0 Å². The van der Waals surface area contributed by atoms with Crippen molar-refractivity contribution in [3.63, 3.8) is 0 Å². The van der Waals surface area contributed by atoms with Crippen LogP contribution in [0.5, 0.6) is 17.2 Å². The summed E-state index contributed by atoms with van der Waals surface area (Å²) >= 11 is 0. The molecule has 9 aromatic carbocycles. The third-order valence-electron chi connectivity index (χ3n) is 35.9. The number of benzene rings is 9. The molecule has 0 amide bonds. The van der Waals surface area contributed by atoms with Gasteiger partial charge in [0.15, 0.2) is 0 Å². The SMILES string of the molecule is CCC(C)(C)c1ccc(OP(Oc2ccc(C(C)(C)CC)c(-c3cccc(C(C)(C)CC)c3C(C)(C)CC)c2-c2cccc(C(C)(C)CC)c2C(C)(C)CC)Oc2ccc(C(C)(C)CC)c(-c3cccc(C(C)(C)CC)c3C(C)(C)CC)c2-c2cccc(C(C)(C)CC)c2C(C)(C)CC)c(-c2cccc(C(C)(C)CC)c2C(C)(C)CC)c1-c1cccc(C(C)(C)CC)c1C(C)(C)CC. The van der Waals surface area contributed by atoms with Crippen molar-refractivity contribution in [3.05, 3.63) is 229 Å². The number of rotatable bonds is 42. The van der Waals surface area contributed by atoms with E-state index in [1.165, 1.54) is 134 Å². The van der Waals surface area contributed by atoms with Crippen molar-refractivity contribution in [1.82, 2.24) is 0 Å². The summed E-state index contributed by atoms with van der Waals surface area (Å²) in [5, 5.41) is 0. The first kappa shape index (κ1) is 109. The van der Waals surface area contributed by atoms with Gasteiger partial charge in [0.25, 0.3) is 0 Å². The molecule has 0 atom stereocenters. The molecule has 0 saturated carbocycles. The first-order valence-electron chi connectivity index (χ1n) is 52.8. The summed E-state index contributed by atoms with van der Waals surface area (Å²) in [5.41, 5.74) is 30.8. The third kappa shape index (κ3) is 21.1. The van der Waals surface area contributed by atoms with Crippen LogP contribution in [-0.4, -0.2) is 0 Å². The van der Waals surface area contributed by atoms with Crippen molar-refractivity contribution in [1.29, 1.82) is 0 Å².